The van der Waals surface area contributed by atoms with Crippen LogP contribution in [0.4, 0.5) is 11.5 Å². The average Bonchev–Trinajstić information content (AvgIpc) is 3.22. The lowest BCUT2D eigenvalue weighted by Crippen LogP contribution is -2.38. The third-order valence-electron chi connectivity index (χ3n) is 3.75. The van der Waals surface area contributed by atoms with E-state index in [2.05, 4.69) is 9.88 Å². The smallest absolute Gasteiger partial charge is 0.239 e. The van der Waals surface area contributed by atoms with Gasteiger partial charge in [0.2, 0.25) is 5.88 Å². The lowest BCUT2D eigenvalue weighted by Gasteiger charge is -2.31. The molecule has 5 nitrogen and oxygen atoms in total. The fourth-order valence-electron chi connectivity index (χ4n) is 2.38. The molecule has 5 heteroatoms. The summed E-state index contributed by atoms with van der Waals surface area (Å²) >= 11 is 0. The van der Waals surface area contributed by atoms with Gasteiger partial charge < -0.3 is 20.5 Å². The first-order valence-corrected chi connectivity index (χ1v) is 7.04. The van der Waals surface area contributed by atoms with Crippen LogP contribution >= 0.6 is 0 Å². The van der Waals surface area contributed by atoms with E-state index in [0.29, 0.717) is 30.6 Å². The molecule has 3 rings (SSSR count). The van der Waals surface area contributed by atoms with Gasteiger partial charge in [-0.15, -0.1) is 0 Å². The standard InChI is InChI=1S/C14H21N3O2/c15-12-5-6-13(17-7-1-2-11(18)8-17)16-14(12)19-9-10-3-4-10/h5-6,10-11,18H,1-4,7-9,15H2. The minimum atomic E-state index is -0.260. The van der Waals surface area contributed by atoms with Crippen LogP contribution < -0.4 is 15.4 Å². The van der Waals surface area contributed by atoms with Crippen molar-refractivity contribution in [3.63, 3.8) is 0 Å². The minimum absolute atomic E-state index is 0.260. The highest BCUT2D eigenvalue weighted by Gasteiger charge is 2.23. The Kier molecular flexibility index (Phi) is 3.46. The normalized spacial score (nSPS) is 23.4. The molecule has 1 atom stereocenters. The van der Waals surface area contributed by atoms with Crippen LogP contribution in [0.25, 0.3) is 0 Å². The number of anilines is 2. The van der Waals surface area contributed by atoms with Gasteiger partial charge in [0.25, 0.3) is 0 Å². The van der Waals surface area contributed by atoms with Crippen LogP contribution in [-0.2, 0) is 0 Å². The summed E-state index contributed by atoms with van der Waals surface area (Å²) in [5, 5.41) is 9.72. The van der Waals surface area contributed by atoms with Crippen LogP contribution in [0.15, 0.2) is 12.1 Å². The van der Waals surface area contributed by atoms with Crippen LogP contribution in [0.3, 0.4) is 0 Å². The number of aliphatic hydroxyl groups is 1. The third-order valence-corrected chi connectivity index (χ3v) is 3.75. The Morgan fingerprint density at radius 2 is 2.21 bits per heavy atom. The van der Waals surface area contributed by atoms with Gasteiger partial charge in [-0.3, -0.25) is 0 Å². The molecule has 104 valence electrons. The first-order chi connectivity index (χ1) is 9.22. The zero-order valence-electron chi connectivity index (χ0n) is 11.1. The number of ether oxygens (including phenoxy) is 1. The van der Waals surface area contributed by atoms with E-state index in [1.807, 2.05) is 12.1 Å². The molecule has 0 bridgehead atoms. The number of aliphatic hydroxyl groups excluding tert-OH is 1. The first kappa shape index (κ1) is 12.5. The van der Waals surface area contributed by atoms with Gasteiger partial charge in [0.15, 0.2) is 0 Å². The second kappa shape index (κ2) is 5.25. The number of nitrogen functional groups attached to an aromatic ring is 1. The fourth-order valence-corrected chi connectivity index (χ4v) is 2.38. The molecular weight excluding hydrogens is 242 g/mol. The molecule has 0 aromatic carbocycles. The van der Waals surface area contributed by atoms with Crippen molar-refractivity contribution in [3.05, 3.63) is 12.1 Å². The van der Waals surface area contributed by atoms with Crippen molar-refractivity contribution in [2.45, 2.75) is 31.8 Å². The molecular formula is C14H21N3O2. The van der Waals surface area contributed by atoms with Crippen molar-refractivity contribution in [1.29, 1.82) is 0 Å². The molecule has 2 heterocycles. The predicted molar refractivity (Wildman–Crippen MR) is 74.3 cm³/mol. The minimum Gasteiger partial charge on any atom is -0.476 e. The number of nitrogens with two attached hydrogens (primary N) is 1. The van der Waals surface area contributed by atoms with Crippen molar-refractivity contribution in [2.24, 2.45) is 5.92 Å². The summed E-state index contributed by atoms with van der Waals surface area (Å²) in [5.74, 6) is 2.06. The van der Waals surface area contributed by atoms with Crippen molar-refractivity contribution in [2.75, 3.05) is 30.3 Å². The highest BCUT2D eigenvalue weighted by molar-refractivity contribution is 5.54. The second-order valence-electron chi connectivity index (χ2n) is 5.56. The van der Waals surface area contributed by atoms with Gasteiger partial charge in [0.05, 0.1) is 18.4 Å². The number of pyridine rings is 1. The number of hydrogen-bond donors (Lipinski definition) is 2. The van der Waals surface area contributed by atoms with Gasteiger partial charge >= 0.3 is 0 Å². The Bertz CT molecular complexity index is 448. The zero-order chi connectivity index (χ0) is 13.2. The Morgan fingerprint density at radius 3 is 2.95 bits per heavy atom. The lowest BCUT2D eigenvalue weighted by atomic mass is 10.1. The summed E-state index contributed by atoms with van der Waals surface area (Å²) < 4.78 is 5.69. The highest BCUT2D eigenvalue weighted by atomic mass is 16.5. The van der Waals surface area contributed by atoms with Crippen molar-refractivity contribution in [3.8, 4) is 5.88 Å². The third kappa shape index (κ3) is 3.10. The van der Waals surface area contributed by atoms with E-state index in [4.69, 9.17) is 10.5 Å². The Morgan fingerprint density at radius 1 is 1.37 bits per heavy atom. The Balaban J connectivity index is 1.71. The zero-order valence-corrected chi connectivity index (χ0v) is 11.1. The second-order valence-corrected chi connectivity index (χ2v) is 5.56. The predicted octanol–water partition coefficient (Wildman–Crippen LogP) is 1.41. The molecule has 1 unspecified atom stereocenters. The number of aromatic nitrogens is 1. The number of β-amino-alcohol motifs (C(OH)–C–C–N with tert-alkyl or cyclic N) is 1. The number of rotatable bonds is 4. The van der Waals surface area contributed by atoms with E-state index in [1.165, 1.54) is 12.8 Å². The van der Waals surface area contributed by atoms with Gasteiger partial charge in [-0.25, -0.2) is 0 Å². The van der Waals surface area contributed by atoms with Gasteiger partial charge in [-0.05, 0) is 43.7 Å². The maximum atomic E-state index is 9.72. The van der Waals surface area contributed by atoms with E-state index >= 15 is 0 Å². The lowest BCUT2D eigenvalue weighted by molar-refractivity contribution is 0.153. The van der Waals surface area contributed by atoms with Gasteiger partial charge in [-0.1, -0.05) is 0 Å². The number of hydrogen-bond acceptors (Lipinski definition) is 5. The summed E-state index contributed by atoms with van der Waals surface area (Å²) in [6.07, 6.45) is 4.10. The van der Waals surface area contributed by atoms with Crippen molar-refractivity contribution < 1.29 is 9.84 Å². The summed E-state index contributed by atoms with van der Waals surface area (Å²) in [7, 11) is 0. The summed E-state index contributed by atoms with van der Waals surface area (Å²) in [4.78, 5) is 6.59. The number of nitrogens with zero attached hydrogens (tertiary/aromatic N) is 2. The van der Waals surface area contributed by atoms with Crippen LogP contribution in [0.2, 0.25) is 0 Å². The molecule has 0 radical (unpaired) electrons. The Hall–Kier alpha value is -1.49. The van der Waals surface area contributed by atoms with E-state index in [0.717, 1.165) is 25.2 Å². The monoisotopic (exact) mass is 263 g/mol. The molecule has 19 heavy (non-hydrogen) atoms. The topological polar surface area (TPSA) is 71.6 Å². The van der Waals surface area contributed by atoms with Crippen LogP contribution in [0.5, 0.6) is 5.88 Å². The van der Waals surface area contributed by atoms with E-state index < -0.39 is 0 Å². The average molecular weight is 263 g/mol. The molecule has 2 fully saturated rings. The van der Waals surface area contributed by atoms with Gasteiger partial charge in [-0.2, -0.15) is 4.98 Å². The van der Waals surface area contributed by atoms with Crippen molar-refractivity contribution in [1.82, 2.24) is 4.98 Å². The number of piperidine rings is 1. The molecule has 1 saturated carbocycles. The molecule has 1 aliphatic carbocycles. The molecule has 1 saturated heterocycles. The first-order valence-electron chi connectivity index (χ1n) is 7.04. The maximum Gasteiger partial charge on any atom is 0.239 e. The van der Waals surface area contributed by atoms with Crippen LogP contribution in [0, 0.1) is 5.92 Å². The summed E-state index contributed by atoms with van der Waals surface area (Å²) in [6, 6.07) is 3.74. The molecule has 1 aliphatic heterocycles. The van der Waals surface area contributed by atoms with Gasteiger partial charge in [0.1, 0.15) is 5.82 Å². The largest absolute Gasteiger partial charge is 0.476 e. The maximum absolute atomic E-state index is 9.72. The molecule has 1 aromatic heterocycles. The van der Waals surface area contributed by atoms with Crippen molar-refractivity contribution >= 4 is 11.5 Å². The summed E-state index contributed by atoms with van der Waals surface area (Å²) in [6.45, 7) is 2.28. The van der Waals surface area contributed by atoms with E-state index in [9.17, 15) is 5.11 Å². The van der Waals surface area contributed by atoms with E-state index in [1.54, 1.807) is 0 Å². The molecule has 0 amide bonds. The van der Waals surface area contributed by atoms with Gasteiger partial charge in [0, 0.05) is 13.1 Å². The van der Waals surface area contributed by atoms with Crippen LogP contribution in [-0.4, -0.2) is 35.9 Å². The highest BCUT2D eigenvalue weighted by Crippen LogP contribution is 2.31. The quantitative estimate of drug-likeness (QED) is 0.859. The van der Waals surface area contributed by atoms with Crippen LogP contribution in [0.1, 0.15) is 25.7 Å². The SMILES string of the molecule is Nc1ccc(N2CCCC(O)C2)nc1OCC1CC1. The van der Waals surface area contributed by atoms with E-state index in [-0.39, 0.29) is 6.10 Å². The molecule has 2 aliphatic rings. The summed E-state index contributed by atoms with van der Waals surface area (Å²) in [5.41, 5.74) is 6.48. The fraction of sp³-hybridized carbons (Fsp3) is 0.643. The molecule has 3 N–H and O–H groups in total. The molecule has 0 spiro atoms. The molecule has 1 aromatic rings. The Labute approximate surface area is 113 Å².